The van der Waals surface area contributed by atoms with E-state index in [2.05, 4.69) is 23.7 Å². The first kappa shape index (κ1) is 14.1. The molecule has 1 aliphatic rings. The predicted molar refractivity (Wildman–Crippen MR) is 77.1 cm³/mol. The molecule has 1 aliphatic heterocycles. The SMILES string of the molecule is CC(C)C1CCN(Cc2nc(Cl)ccc2Cl)CC1. The summed E-state index contributed by atoms with van der Waals surface area (Å²) in [7, 11) is 0. The van der Waals surface area contributed by atoms with Crippen LogP contribution in [-0.2, 0) is 6.54 Å². The maximum Gasteiger partial charge on any atom is 0.129 e. The number of nitrogens with zero attached hydrogens (tertiary/aromatic N) is 2. The molecule has 1 aromatic rings. The lowest BCUT2D eigenvalue weighted by Crippen LogP contribution is -2.35. The maximum absolute atomic E-state index is 6.15. The fraction of sp³-hybridized carbons (Fsp3) is 0.643. The molecule has 2 rings (SSSR count). The first-order valence-electron chi connectivity index (χ1n) is 6.59. The van der Waals surface area contributed by atoms with Crippen LogP contribution in [0, 0.1) is 11.8 Å². The molecule has 4 heteroatoms. The molecule has 2 heterocycles. The van der Waals surface area contributed by atoms with Crippen LogP contribution in [0.25, 0.3) is 0 Å². The van der Waals surface area contributed by atoms with Gasteiger partial charge in [-0.2, -0.15) is 0 Å². The third-order valence-electron chi connectivity index (χ3n) is 3.83. The highest BCUT2D eigenvalue weighted by Gasteiger charge is 2.22. The summed E-state index contributed by atoms with van der Waals surface area (Å²) in [6, 6.07) is 3.56. The van der Waals surface area contributed by atoms with E-state index in [-0.39, 0.29) is 0 Å². The lowest BCUT2D eigenvalue weighted by atomic mass is 9.87. The summed E-state index contributed by atoms with van der Waals surface area (Å²) >= 11 is 12.1. The molecule has 0 amide bonds. The zero-order chi connectivity index (χ0) is 13.1. The maximum atomic E-state index is 6.15. The Hall–Kier alpha value is -0.310. The third kappa shape index (κ3) is 3.59. The van der Waals surface area contributed by atoms with Gasteiger partial charge in [-0.15, -0.1) is 0 Å². The number of hydrogen-bond acceptors (Lipinski definition) is 2. The van der Waals surface area contributed by atoms with Gasteiger partial charge in [-0.1, -0.05) is 37.0 Å². The normalized spacial score (nSPS) is 18.5. The summed E-state index contributed by atoms with van der Waals surface area (Å²) in [6.45, 7) is 7.70. The molecular formula is C14H20Cl2N2. The van der Waals surface area contributed by atoms with Crippen molar-refractivity contribution in [2.75, 3.05) is 13.1 Å². The van der Waals surface area contributed by atoms with E-state index in [4.69, 9.17) is 23.2 Å². The van der Waals surface area contributed by atoms with Crippen LogP contribution >= 0.6 is 23.2 Å². The lowest BCUT2D eigenvalue weighted by molar-refractivity contribution is 0.150. The van der Waals surface area contributed by atoms with Crippen molar-refractivity contribution in [3.8, 4) is 0 Å². The minimum absolute atomic E-state index is 0.520. The van der Waals surface area contributed by atoms with Gasteiger partial charge in [-0.05, 0) is 49.9 Å². The van der Waals surface area contributed by atoms with E-state index in [1.54, 1.807) is 6.07 Å². The Morgan fingerprint density at radius 3 is 2.56 bits per heavy atom. The Balaban J connectivity index is 1.93. The molecule has 1 aromatic heterocycles. The highest BCUT2D eigenvalue weighted by atomic mass is 35.5. The van der Waals surface area contributed by atoms with E-state index in [9.17, 15) is 0 Å². The van der Waals surface area contributed by atoms with Crippen molar-refractivity contribution < 1.29 is 0 Å². The van der Waals surface area contributed by atoms with Gasteiger partial charge in [0.1, 0.15) is 5.15 Å². The van der Waals surface area contributed by atoms with Gasteiger partial charge in [0, 0.05) is 6.54 Å². The number of piperidine rings is 1. The van der Waals surface area contributed by atoms with Crippen molar-refractivity contribution in [3.05, 3.63) is 28.0 Å². The topological polar surface area (TPSA) is 16.1 Å². The molecule has 100 valence electrons. The zero-order valence-electron chi connectivity index (χ0n) is 11.0. The molecule has 0 radical (unpaired) electrons. The molecule has 0 saturated carbocycles. The van der Waals surface area contributed by atoms with E-state index in [1.165, 1.54) is 12.8 Å². The Kier molecular flexibility index (Phi) is 4.88. The first-order chi connectivity index (χ1) is 8.56. The summed E-state index contributed by atoms with van der Waals surface area (Å²) in [5.74, 6) is 1.66. The fourth-order valence-electron chi connectivity index (χ4n) is 2.56. The van der Waals surface area contributed by atoms with Gasteiger partial charge >= 0.3 is 0 Å². The Labute approximate surface area is 119 Å². The van der Waals surface area contributed by atoms with Crippen molar-refractivity contribution in [2.24, 2.45) is 11.8 Å². The van der Waals surface area contributed by atoms with Crippen LogP contribution in [0.2, 0.25) is 10.2 Å². The number of halogens is 2. The van der Waals surface area contributed by atoms with Crippen LogP contribution in [0.4, 0.5) is 0 Å². The predicted octanol–water partition coefficient (Wildman–Crippen LogP) is 4.26. The van der Waals surface area contributed by atoms with E-state index >= 15 is 0 Å². The highest BCUT2D eigenvalue weighted by molar-refractivity contribution is 6.32. The van der Waals surface area contributed by atoms with Crippen LogP contribution in [0.5, 0.6) is 0 Å². The second-order valence-electron chi connectivity index (χ2n) is 5.42. The molecule has 0 spiro atoms. The molecule has 2 nitrogen and oxygen atoms in total. The quantitative estimate of drug-likeness (QED) is 0.772. The highest BCUT2D eigenvalue weighted by Crippen LogP contribution is 2.26. The Morgan fingerprint density at radius 1 is 1.28 bits per heavy atom. The van der Waals surface area contributed by atoms with Crippen molar-refractivity contribution >= 4 is 23.2 Å². The number of aromatic nitrogens is 1. The molecule has 0 bridgehead atoms. The molecule has 0 N–H and O–H groups in total. The summed E-state index contributed by atoms with van der Waals surface area (Å²) in [5.41, 5.74) is 0.896. The number of rotatable bonds is 3. The van der Waals surface area contributed by atoms with Gasteiger partial charge < -0.3 is 0 Å². The molecule has 1 fully saturated rings. The molecule has 0 aromatic carbocycles. The van der Waals surface area contributed by atoms with E-state index in [1.807, 2.05) is 6.07 Å². The van der Waals surface area contributed by atoms with Gasteiger partial charge in [0.2, 0.25) is 0 Å². The zero-order valence-corrected chi connectivity index (χ0v) is 12.5. The minimum atomic E-state index is 0.520. The lowest BCUT2D eigenvalue weighted by Gasteiger charge is -2.33. The summed E-state index contributed by atoms with van der Waals surface area (Å²) < 4.78 is 0. The molecular weight excluding hydrogens is 267 g/mol. The summed E-state index contributed by atoms with van der Waals surface area (Å²) in [4.78, 5) is 6.73. The third-order valence-corrected chi connectivity index (χ3v) is 4.39. The van der Waals surface area contributed by atoms with Crippen molar-refractivity contribution in [2.45, 2.75) is 33.2 Å². The average molecular weight is 287 g/mol. The van der Waals surface area contributed by atoms with Gasteiger partial charge in [0.05, 0.1) is 10.7 Å². The largest absolute Gasteiger partial charge is 0.297 e. The molecule has 0 aliphatic carbocycles. The van der Waals surface area contributed by atoms with Crippen LogP contribution in [0.3, 0.4) is 0 Å². The molecule has 0 atom stereocenters. The van der Waals surface area contributed by atoms with Crippen molar-refractivity contribution in [1.82, 2.24) is 9.88 Å². The fourth-order valence-corrected chi connectivity index (χ4v) is 2.89. The van der Waals surface area contributed by atoms with Gasteiger partial charge in [-0.25, -0.2) is 4.98 Å². The summed E-state index contributed by atoms with van der Waals surface area (Å²) in [5, 5.41) is 1.23. The van der Waals surface area contributed by atoms with E-state index in [0.29, 0.717) is 10.2 Å². The molecule has 18 heavy (non-hydrogen) atoms. The van der Waals surface area contributed by atoms with Crippen molar-refractivity contribution in [1.29, 1.82) is 0 Å². The smallest absolute Gasteiger partial charge is 0.129 e. The van der Waals surface area contributed by atoms with Crippen LogP contribution < -0.4 is 0 Å². The monoisotopic (exact) mass is 286 g/mol. The second-order valence-corrected chi connectivity index (χ2v) is 6.21. The van der Waals surface area contributed by atoms with Crippen molar-refractivity contribution in [3.63, 3.8) is 0 Å². The van der Waals surface area contributed by atoms with Gasteiger partial charge in [0.25, 0.3) is 0 Å². The van der Waals surface area contributed by atoms with Gasteiger partial charge in [0.15, 0.2) is 0 Å². The Morgan fingerprint density at radius 2 is 1.94 bits per heavy atom. The van der Waals surface area contributed by atoms with Gasteiger partial charge in [-0.3, -0.25) is 4.90 Å². The molecule has 0 unspecified atom stereocenters. The summed E-state index contributed by atoms with van der Waals surface area (Å²) in [6.07, 6.45) is 2.55. The minimum Gasteiger partial charge on any atom is -0.297 e. The Bertz CT molecular complexity index is 399. The average Bonchev–Trinajstić information content (AvgIpc) is 2.34. The standard InChI is InChI=1S/C14H20Cl2N2/c1-10(2)11-5-7-18(8-6-11)9-13-12(15)3-4-14(16)17-13/h3-4,10-11H,5-9H2,1-2H3. The van der Waals surface area contributed by atoms with Crippen LogP contribution in [-0.4, -0.2) is 23.0 Å². The van der Waals surface area contributed by atoms with Crippen LogP contribution in [0.1, 0.15) is 32.4 Å². The molecule has 1 saturated heterocycles. The number of hydrogen-bond donors (Lipinski definition) is 0. The van der Waals surface area contributed by atoms with Crippen LogP contribution in [0.15, 0.2) is 12.1 Å². The number of pyridine rings is 1. The van der Waals surface area contributed by atoms with E-state index in [0.717, 1.165) is 37.2 Å². The van der Waals surface area contributed by atoms with E-state index < -0.39 is 0 Å². The first-order valence-corrected chi connectivity index (χ1v) is 7.35. The second kappa shape index (κ2) is 6.23. The number of likely N-dealkylation sites (tertiary alicyclic amines) is 1.